The average molecular weight is 450 g/mol. The van der Waals surface area contributed by atoms with E-state index in [2.05, 4.69) is 48.9 Å². The third-order valence-corrected chi connectivity index (χ3v) is 5.17. The molecule has 12 heteroatoms. The normalized spacial score (nSPS) is 13.6. The van der Waals surface area contributed by atoms with E-state index in [0.29, 0.717) is 33.8 Å². The van der Waals surface area contributed by atoms with Crippen LogP contribution < -0.4 is 4.90 Å². The minimum Gasteiger partial charge on any atom is -0.357 e. The number of aromatic nitrogens is 6. The maximum atomic E-state index is 5.08. The molecular weight excluding hydrogens is 430 g/mol. The van der Waals surface area contributed by atoms with Crippen molar-refractivity contribution >= 4 is 34.3 Å². The molecular formula is C20H19N9O2S. The Morgan fingerprint density at radius 2 is 2.00 bits per heavy atom. The predicted molar refractivity (Wildman–Crippen MR) is 121 cm³/mol. The zero-order valence-corrected chi connectivity index (χ0v) is 18.4. The highest BCUT2D eigenvalue weighted by Gasteiger charge is 2.31. The summed E-state index contributed by atoms with van der Waals surface area (Å²) < 4.78 is 6.47. The summed E-state index contributed by atoms with van der Waals surface area (Å²) in [6.45, 7) is 7.81. The molecule has 4 rings (SSSR count). The highest BCUT2D eigenvalue weighted by atomic mass is 32.2. The van der Waals surface area contributed by atoms with Crippen LogP contribution >= 0.6 is 12.0 Å². The van der Waals surface area contributed by atoms with Crippen LogP contribution in [0.1, 0.15) is 25.4 Å². The number of anilines is 1. The summed E-state index contributed by atoms with van der Waals surface area (Å²) in [6.07, 6.45) is 11.7. The van der Waals surface area contributed by atoms with Crippen LogP contribution in [0.4, 0.5) is 11.5 Å². The molecule has 0 saturated heterocycles. The van der Waals surface area contributed by atoms with Gasteiger partial charge in [0.1, 0.15) is 29.3 Å². The highest BCUT2D eigenvalue weighted by molar-refractivity contribution is 8.11. The lowest BCUT2D eigenvalue weighted by atomic mass is 10.3. The van der Waals surface area contributed by atoms with Crippen LogP contribution in [0, 0.1) is 19.5 Å². The summed E-state index contributed by atoms with van der Waals surface area (Å²) in [5, 5.41) is 13.4. The first kappa shape index (κ1) is 21.4. The van der Waals surface area contributed by atoms with Gasteiger partial charge in [-0.1, -0.05) is 10.8 Å². The fraction of sp³-hybridized carbons (Fsp3) is 0.250. The molecule has 0 atom stereocenters. The van der Waals surface area contributed by atoms with Gasteiger partial charge in [-0.15, -0.1) is 10.2 Å². The molecule has 0 fully saturated rings. The van der Waals surface area contributed by atoms with E-state index in [9.17, 15) is 0 Å². The number of nitrogens with zero attached hydrogens (tertiary/aromatic N) is 9. The summed E-state index contributed by atoms with van der Waals surface area (Å²) in [4.78, 5) is 24.5. The Hall–Kier alpha value is -3.82. The Morgan fingerprint density at radius 1 is 1.19 bits per heavy atom. The number of aryl methyl sites for hydroxylation is 1. The molecule has 3 aromatic heterocycles. The van der Waals surface area contributed by atoms with E-state index in [1.165, 1.54) is 4.68 Å². The van der Waals surface area contributed by atoms with Crippen molar-refractivity contribution in [3.8, 4) is 24.0 Å². The van der Waals surface area contributed by atoms with Crippen molar-refractivity contribution in [2.45, 2.75) is 20.8 Å². The summed E-state index contributed by atoms with van der Waals surface area (Å²) in [5.74, 6) is 1.73. The summed E-state index contributed by atoms with van der Waals surface area (Å²) in [6, 6.07) is 3.85. The van der Waals surface area contributed by atoms with Gasteiger partial charge in [-0.25, -0.2) is 15.0 Å². The van der Waals surface area contributed by atoms with E-state index in [0.717, 1.165) is 36.6 Å². The minimum atomic E-state index is 0.391. The van der Waals surface area contributed by atoms with Gasteiger partial charge >= 0.3 is 0 Å². The first-order chi connectivity index (χ1) is 15.7. The molecule has 0 saturated carbocycles. The number of fused-ring (bicyclic) bond motifs is 1. The number of pyridine rings is 1. The zero-order valence-electron chi connectivity index (χ0n) is 17.6. The standard InChI is InChI=1S/C20H19N9O2S/c1-5-28(6-2)16-9-8-14(13(4)23-16)24-17-19-26-25-18(15-12-21-10-11-22-15)29(19)27-20(17)32-31-30-7-3/h3,8-12H,5-6H2,1-2,4H3. The van der Waals surface area contributed by atoms with Crippen LogP contribution in [0.5, 0.6) is 0 Å². The van der Waals surface area contributed by atoms with Crippen molar-refractivity contribution in [3.63, 3.8) is 0 Å². The lowest BCUT2D eigenvalue weighted by Crippen LogP contribution is -2.23. The van der Waals surface area contributed by atoms with Gasteiger partial charge in [-0.05, 0) is 32.9 Å². The molecule has 0 aliphatic carbocycles. The van der Waals surface area contributed by atoms with Crippen LogP contribution in [0.2, 0.25) is 0 Å². The topological polar surface area (TPSA) is 116 Å². The Balaban J connectivity index is 1.74. The summed E-state index contributed by atoms with van der Waals surface area (Å²) >= 11 is 0.823. The smallest absolute Gasteiger partial charge is 0.206 e. The van der Waals surface area contributed by atoms with Gasteiger partial charge in [0, 0.05) is 25.5 Å². The third kappa shape index (κ3) is 4.16. The Morgan fingerprint density at radius 3 is 2.69 bits per heavy atom. The molecule has 0 N–H and O–H groups in total. The molecule has 4 heterocycles. The quantitative estimate of drug-likeness (QED) is 0.176. The molecule has 32 heavy (non-hydrogen) atoms. The molecule has 162 valence electrons. The molecule has 0 amide bonds. The SMILES string of the molecule is C#COOSC1=Nn2c(nnc2-c2cnccn2)C1=Nc1ccc(N(CC)CC)nc1C. The van der Waals surface area contributed by atoms with Crippen molar-refractivity contribution < 1.29 is 9.22 Å². The summed E-state index contributed by atoms with van der Waals surface area (Å²) in [7, 11) is 0. The maximum absolute atomic E-state index is 5.08. The van der Waals surface area contributed by atoms with Gasteiger partial charge in [0.05, 0.1) is 17.6 Å². The molecule has 0 spiro atoms. The van der Waals surface area contributed by atoms with Gasteiger partial charge in [0.2, 0.25) is 11.6 Å². The van der Waals surface area contributed by atoms with E-state index in [1.807, 2.05) is 25.2 Å². The van der Waals surface area contributed by atoms with Crippen molar-refractivity contribution in [1.82, 2.24) is 29.8 Å². The molecule has 0 unspecified atom stereocenters. The summed E-state index contributed by atoms with van der Waals surface area (Å²) in [5.41, 5.74) is 2.39. The fourth-order valence-corrected chi connectivity index (χ4v) is 3.52. The lowest BCUT2D eigenvalue weighted by molar-refractivity contribution is -0.111. The second-order valence-electron chi connectivity index (χ2n) is 6.41. The first-order valence-electron chi connectivity index (χ1n) is 9.74. The highest BCUT2D eigenvalue weighted by Crippen LogP contribution is 2.28. The maximum Gasteiger partial charge on any atom is 0.206 e. The number of aliphatic imine (C=N–C) groups is 1. The fourth-order valence-electron chi connectivity index (χ4n) is 3.06. The van der Waals surface area contributed by atoms with Crippen LogP contribution in [0.3, 0.4) is 0 Å². The van der Waals surface area contributed by atoms with Gasteiger partial charge < -0.3 is 4.90 Å². The first-order valence-corrected chi connectivity index (χ1v) is 10.5. The second-order valence-corrected chi connectivity index (χ2v) is 7.10. The molecule has 0 radical (unpaired) electrons. The van der Waals surface area contributed by atoms with Crippen LogP contribution in [0.15, 0.2) is 40.8 Å². The lowest BCUT2D eigenvalue weighted by Gasteiger charge is -2.20. The molecule has 0 aromatic carbocycles. The second kappa shape index (κ2) is 9.54. The van der Waals surface area contributed by atoms with Crippen molar-refractivity contribution in [2.75, 3.05) is 18.0 Å². The van der Waals surface area contributed by atoms with Crippen molar-refractivity contribution in [2.24, 2.45) is 10.1 Å². The van der Waals surface area contributed by atoms with Crippen LogP contribution in [0.25, 0.3) is 11.5 Å². The molecule has 0 bridgehead atoms. The van der Waals surface area contributed by atoms with Gasteiger partial charge in [0.15, 0.2) is 11.2 Å². The van der Waals surface area contributed by atoms with E-state index >= 15 is 0 Å². The molecule has 1 aliphatic rings. The number of hydrogen-bond acceptors (Lipinski definition) is 11. The largest absolute Gasteiger partial charge is 0.357 e. The van der Waals surface area contributed by atoms with Crippen molar-refractivity contribution in [3.05, 3.63) is 42.2 Å². The predicted octanol–water partition coefficient (Wildman–Crippen LogP) is 2.77. The molecule has 1 aliphatic heterocycles. The zero-order chi connectivity index (χ0) is 22.5. The number of hydrogen-bond donors (Lipinski definition) is 0. The minimum absolute atomic E-state index is 0.391. The molecule has 3 aromatic rings. The average Bonchev–Trinajstić information content (AvgIpc) is 3.37. The van der Waals surface area contributed by atoms with Gasteiger partial charge in [-0.3, -0.25) is 9.87 Å². The van der Waals surface area contributed by atoms with Gasteiger partial charge in [-0.2, -0.15) is 9.78 Å². The van der Waals surface area contributed by atoms with E-state index in [-0.39, 0.29) is 0 Å². The van der Waals surface area contributed by atoms with Crippen molar-refractivity contribution in [1.29, 1.82) is 0 Å². The van der Waals surface area contributed by atoms with Crippen LogP contribution in [-0.2, 0) is 9.22 Å². The van der Waals surface area contributed by atoms with Crippen LogP contribution in [-0.4, -0.2) is 53.7 Å². The Labute approximate surface area is 188 Å². The van der Waals surface area contributed by atoms with E-state index in [4.69, 9.17) is 20.7 Å². The Bertz CT molecular complexity index is 1210. The van der Waals surface area contributed by atoms with Gasteiger partial charge in [0.25, 0.3) is 0 Å². The monoisotopic (exact) mass is 449 g/mol. The third-order valence-electron chi connectivity index (χ3n) is 4.60. The van der Waals surface area contributed by atoms with E-state index in [1.54, 1.807) is 18.6 Å². The number of rotatable bonds is 7. The van der Waals surface area contributed by atoms with E-state index < -0.39 is 0 Å². The molecule has 11 nitrogen and oxygen atoms in total. The Kier molecular flexibility index (Phi) is 6.39. The number of terminal acetylenes is 1.